The monoisotopic (exact) mass is 375 g/mol. The third-order valence-corrected chi connectivity index (χ3v) is 4.46. The predicted molar refractivity (Wildman–Crippen MR) is 108 cm³/mol. The number of carbonyl (C=O) groups is 1. The van der Waals surface area contributed by atoms with Crippen LogP contribution in [0.15, 0.2) is 59.3 Å². The Balaban J connectivity index is 1.40. The molecule has 2 aromatic carbocycles. The molecule has 0 atom stereocenters. The average molecular weight is 375 g/mol. The number of aromatic nitrogens is 3. The lowest BCUT2D eigenvalue weighted by atomic mass is 10.1. The fraction of sp³-hybridized carbons (Fsp3) is 0.190. The number of aromatic amines is 1. The number of anilines is 1. The van der Waals surface area contributed by atoms with E-state index in [1.54, 1.807) is 0 Å². The largest absolute Gasteiger partial charge is 0.383 e. The van der Waals surface area contributed by atoms with Gasteiger partial charge in [0.2, 0.25) is 17.6 Å². The van der Waals surface area contributed by atoms with Crippen LogP contribution in [0.5, 0.6) is 0 Å². The van der Waals surface area contributed by atoms with E-state index in [2.05, 4.69) is 31.8 Å². The lowest BCUT2D eigenvalue weighted by molar-refractivity contribution is -0.118. The molecule has 28 heavy (non-hydrogen) atoms. The molecule has 0 aliphatic carbocycles. The molecular weight excluding hydrogens is 354 g/mol. The highest BCUT2D eigenvalue weighted by atomic mass is 16.5. The number of rotatable bonds is 7. The number of fused-ring (bicyclic) bond motifs is 1. The zero-order valence-corrected chi connectivity index (χ0v) is 15.5. The van der Waals surface area contributed by atoms with E-state index in [0.29, 0.717) is 31.2 Å². The zero-order chi connectivity index (χ0) is 19.3. The highest BCUT2D eigenvalue weighted by molar-refractivity contribution is 5.83. The van der Waals surface area contributed by atoms with Crippen molar-refractivity contribution in [2.75, 3.05) is 18.4 Å². The molecule has 2 heterocycles. The molecule has 0 saturated heterocycles. The molecular formula is C21H21N5O2. The topological polar surface area (TPSA) is 95.8 Å². The Kier molecular flexibility index (Phi) is 5.05. The third kappa shape index (κ3) is 4.03. The summed E-state index contributed by atoms with van der Waals surface area (Å²) in [6.07, 6.45) is 2.57. The van der Waals surface area contributed by atoms with Crippen LogP contribution in [0, 0.1) is 0 Å². The zero-order valence-electron chi connectivity index (χ0n) is 15.5. The second-order valence-electron chi connectivity index (χ2n) is 6.54. The number of nitrogens with zero attached hydrogens (tertiary/aromatic N) is 2. The first-order valence-electron chi connectivity index (χ1n) is 9.15. The van der Waals surface area contributed by atoms with Crippen LogP contribution in [-0.4, -0.2) is 34.1 Å². The van der Waals surface area contributed by atoms with E-state index in [1.165, 1.54) is 6.92 Å². The van der Waals surface area contributed by atoms with E-state index >= 15 is 0 Å². The van der Waals surface area contributed by atoms with Crippen LogP contribution in [0.4, 0.5) is 5.69 Å². The Bertz CT molecular complexity index is 1080. The smallest absolute Gasteiger partial charge is 0.231 e. The molecule has 7 nitrogen and oxygen atoms in total. The molecule has 0 unspecified atom stereocenters. The molecule has 142 valence electrons. The molecule has 7 heteroatoms. The van der Waals surface area contributed by atoms with Gasteiger partial charge in [-0.15, -0.1) is 0 Å². The van der Waals surface area contributed by atoms with Gasteiger partial charge in [0.15, 0.2) is 0 Å². The van der Waals surface area contributed by atoms with Crippen molar-refractivity contribution in [2.45, 2.75) is 13.3 Å². The first-order valence-corrected chi connectivity index (χ1v) is 9.15. The Morgan fingerprint density at radius 2 is 1.93 bits per heavy atom. The minimum atomic E-state index is -0.0299. The Hall–Kier alpha value is -3.61. The lowest BCUT2D eigenvalue weighted by Gasteiger charge is -2.06. The molecule has 0 spiro atoms. The Morgan fingerprint density at radius 1 is 1.11 bits per heavy atom. The van der Waals surface area contributed by atoms with Crippen molar-refractivity contribution in [1.29, 1.82) is 0 Å². The second kappa shape index (κ2) is 7.96. The van der Waals surface area contributed by atoms with Crippen molar-refractivity contribution in [2.24, 2.45) is 0 Å². The summed E-state index contributed by atoms with van der Waals surface area (Å²) in [6.45, 7) is 2.75. The van der Waals surface area contributed by atoms with Crippen LogP contribution in [-0.2, 0) is 11.2 Å². The number of hydrogen-bond acceptors (Lipinski definition) is 5. The van der Waals surface area contributed by atoms with E-state index in [9.17, 15) is 4.79 Å². The highest BCUT2D eigenvalue weighted by Gasteiger charge is 2.12. The molecule has 2 aromatic heterocycles. The van der Waals surface area contributed by atoms with E-state index in [0.717, 1.165) is 27.7 Å². The number of hydrogen-bond donors (Lipinski definition) is 3. The van der Waals surface area contributed by atoms with Gasteiger partial charge >= 0.3 is 0 Å². The summed E-state index contributed by atoms with van der Waals surface area (Å²) in [5.41, 5.74) is 4.08. The second-order valence-corrected chi connectivity index (χ2v) is 6.54. The highest BCUT2D eigenvalue weighted by Crippen LogP contribution is 2.22. The van der Waals surface area contributed by atoms with Crippen molar-refractivity contribution >= 4 is 22.5 Å². The van der Waals surface area contributed by atoms with Crippen molar-refractivity contribution in [3.05, 3.63) is 66.2 Å². The molecule has 4 aromatic rings. The number of H-pyrrole nitrogens is 1. The molecule has 0 saturated carbocycles. The van der Waals surface area contributed by atoms with Gasteiger partial charge in [-0.3, -0.25) is 4.79 Å². The van der Waals surface area contributed by atoms with Crippen LogP contribution in [0.2, 0.25) is 0 Å². The standard InChI is InChI=1S/C21H21N5O2/c1-14(27)22-10-11-23-17-8-6-15(7-9-17)21-25-20(28-26-21)12-16-13-24-19-5-3-2-4-18(16)19/h2-9,13,23-24H,10-12H2,1H3,(H,22,27). The number of amides is 1. The summed E-state index contributed by atoms with van der Waals surface area (Å²) in [5, 5.41) is 11.3. The van der Waals surface area contributed by atoms with Gasteiger partial charge in [-0.1, -0.05) is 23.4 Å². The number of carbonyl (C=O) groups excluding carboxylic acids is 1. The summed E-state index contributed by atoms with van der Waals surface area (Å²) in [7, 11) is 0. The molecule has 0 bridgehead atoms. The molecule has 0 fully saturated rings. The maximum Gasteiger partial charge on any atom is 0.231 e. The van der Waals surface area contributed by atoms with Gasteiger partial charge in [0.25, 0.3) is 0 Å². The van der Waals surface area contributed by atoms with Crippen molar-refractivity contribution < 1.29 is 9.32 Å². The lowest BCUT2D eigenvalue weighted by Crippen LogP contribution is -2.26. The van der Waals surface area contributed by atoms with Crippen LogP contribution >= 0.6 is 0 Å². The Labute approximate surface area is 162 Å². The summed E-state index contributed by atoms with van der Waals surface area (Å²) < 4.78 is 5.44. The Morgan fingerprint density at radius 3 is 2.75 bits per heavy atom. The van der Waals surface area contributed by atoms with Crippen LogP contribution in [0.3, 0.4) is 0 Å². The quantitative estimate of drug-likeness (QED) is 0.431. The molecule has 0 radical (unpaired) electrons. The summed E-state index contributed by atoms with van der Waals surface area (Å²) >= 11 is 0. The summed E-state index contributed by atoms with van der Waals surface area (Å²) in [6, 6.07) is 16.0. The van der Waals surface area contributed by atoms with Gasteiger partial charge in [0, 0.05) is 48.4 Å². The SMILES string of the molecule is CC(=O)NCCNc1ccc(-c2noc(Cc3c[nH]c4ccccc34)n2)cc1. The molecule has 1 amide bonds. The van der Waals surface area contributed by atoms with Gasteiger partial charge in [0.05, 0.1) is 6.42 Å². The number of benzene rings is 2. The number of para-hydroxylation sites is 1. The summed E-state index contributed by atoms with van der Waals surface area (Å²) in [5.74, 6) is 1.12. The predicted octanol–water partition coefficient (Wildman–Crippen LogP) is 3.36. The van der Waals surface area contributed by atoms with Gasteiger partial charge < -0.3 is 20.1 Å². The third-order valence-electron chi connectivity index (χ3n) is 4.46. The normalized spacial score (nSPS) is 10.9. The van der Waals surface area contributed by atoms with Crippen LogP contribution < -0.4 is 10.6 Å². The van der Waals surface area contributed by atoms with Gasteiger partial charge in [-0.05, 0) is 35.9 Å². The fourth-order valence-corrected chi connectivity index (χ4v) is 3.07. The fourth-order valence-electron chi connectivity index (χ4n) is 3.07. The minimum Gasteiger partial charge on any atom is -0.383 e. The summed E-state index contributed by atoms with van der Waals surface area (Å²) in [4.78, 5) is 18.6. The van der Waals surface area contributed by atoms with E-state index in [-0.39, 0.29) is 5.91 Å². The van der Waals surface area contributed by atoms with Crippen molar-refractivity contribution in [3.8, 4) is 11.4 Å². The minimum absolute atomic E-state index is 0.0299. The maximum atomic E-state index is 10.9. The first-order chi connectivity index (χ1) is 13.7. The van der Waals surface area contributed by atoms with Crippen molar-refractivity contribution in [3.63, 3.8) is 0 Å². The molecule has 0 aliphatic rings. The first kappa shape index (κ1) is 17.8. The average Bonchev–Trinajstić information content (AvgIpc) is 3.34. The van der Waals surface area contributed by atoms with E-state index in [1.807, 2.05) is 48.7 Å². The van der Waals surface area contributed by atoms with E-state index < -0.39 is 0 Å². The molecule has 0 aliphatic heterocycles. The maximum absolute atomic E-state index is 10.9. The van der Waals surface area contributed by atoms with Gasteiger partial charge in [-0.25, -0.2) is 0 Å². The van der Waals surface area contributed by atoms with Gasteiger partial charge in [0.1, 0.15) is 0 Å². The number of nitrogens with one attached hydrogen (secondary N) is 3. The van der Waals surface area contributed by atoms with Gasteiger partial charge in [-0.2, -0.15) is 4.98 Å². The molecule has 3 N–H and O–H groups in total. The van der Waals surface area contributed by atoms with E-state index in [4.69, 9.17) is 4.52 Å². The molecule has 4 rings (SSSR count). The van der Waals surface area contributed by atoms with Crippen molar-refractivity contribution in [1.82, 2.24) is 20.4 Å². The van der Waals surface area contributed by atoms with Crippen LogP contribution in [0.25, 0.3) is 22.3 Å². The van der Waals surface area contributed by atoms with Crippen LogP contribution in [0.1, 0.15) is 18.4 Å².